The number of nitrogens with one attached hydrogen (secondary N) is 2. The summed E-state index contributed by atoms with van der Waals surface area (Å²) in [6.45, 7) is 0.847. The maximum atomic E-state index is 12.9. The number of amides is 2. The van der Waals surface area contributed by atoms with E-state index in [1.165, 1.54) is 0 Å². The lowest BCUT2D eigenvalue weighted by Gasteiger charge is -2.14. The summed E-state index contributed by atoms with van der Waals surface area (Å²) in [5.41, 5.74) is 3.18. The number of methoxy groups -OCH3 is 1. The Labute approximate surface area is 170 Å². The first-order valence-electron chi connectivity index (χ1n) is 9.23. The van der Waals surface area contributed by atoms with Crippen molar-refractivity contribution in [2.24, 2.45) is 0 Å². The van der Waals surface area contributed by atoms with Crippen LogP contribution in [0.2, 0.25) is 0 Å². The van der Waals surface area contributed by atoms with Gasteiger partial charge in [-0.05, 0) is 24.1 Å². The predicted molar refractivity (Wildman–Crippen MR) is 114 cm³/mol. The summed E-state index contributed by atoms with van der Waals surface area (Å²) < 4.78 is 5.88. The number of carbonyl (C=O) groups excluding carboxylic acids is 2. The van der Waals surface area contributed by atoms with Crippen LogP contribution in [-0.2, 0) is 16.0 Å². The first kappa shape index (κ1) is 20.2. The summed E-state index contributed by atoms with van der Waals surface area (Å²) in [6.07, 6.45) is 0.676. The molecule has 8 nitrogen and oxygen atoms in total. The van der Waals surface area contributed by atoms with E-state index in [0.717, 1.165) is 10.2 Å². The molecule has 3 rings (SSSR count). The first-order chi connectivity index (χ1) is 14.1. The quantitative estimate of drug-likeness (QED) is 0.565. The van der Waals surface area contributed by atoms with E-state index in [-0.39, 0.29) is 15.1 Å². The minimum atomic E-state index is -0.552. The van der Waals surface area contributed by atoms with Crippen LogP contribution in [0, 0.1) is 0 Å². The third-order valence-electron chi connectivity index (χ3n) is 4.23. The van der Waals surface area contributed by atoms with Gasteiger partial charge in [0.2, 0.25) is 11.7 Å². The lowest BCUT2D eigenvalue weighted by atomic mass is 10.1. The van der Waals surface area contributed by atoms with Gasteiger partial charge in [0.25, 0.3) is 11.5 Å². The molecule has 2 N–H and O–H groups in total. The van der Waals surface area contributed by atoms with Crippen molar-refractivity contribution in [3.63, 3.8) is 0 Å². The maximum absolute atomic E-state index is 12.9. The van der Waals surface area contributed by atoms with Crippen molar-refractivity contribution in [2.45, 2.75) is 12.8 Å². The number of fused-ring (bicyclic) bond motifs is 1. The molecule has 0 radical (unpaired) electrons. The molecule has 2 amide bonds. The minimum Gasteiger partial charge on any atom is -0.385 e. The summed E-state index contributed by atoms with van der Waals surface area (Å²) >= 11 is 0. The SMILES string of the molecule is COCCCNC(=O)c1nc2ccccc2c(=O)n1NC(=O)Cc1ccccc1.[HH].[HH]. The largest absolute Gasteiger partial charge is 0.385 e. The number of nitrogens with zero attached hydrogens (tertiary/aromatic N) is 2. The van der Waals surface area contributed by atoms with Crippen LogP contribution >= 0.6 is 0 Å². The van der Waals surface area contributed by atoms with Gasteiger partial charge in [0.05, 0.1) is 17.3 Å². The zero-order chi connectivity index (χ0) is 20.6. The normalized spacial score (nSPS) is 10.7. The lowest BCUT2D eigenvalue weighted by molar-refractivity contribution is -0.116. The van der Waals surface area contributed by atoms with Gasteiger partial charge in [0, 0.05) is 23.1 Å². The van der Waals surface area contributed by atoms with Gasteiger partial charge >= 0.3 is 0 Å². The first-order valence-corrected chi connectivity index (χ1v) is 9.23. The van der Waals surface area contributed by atoms with E-state index in [0.29, 0.717) is 30.5 Å². The fourth-order valence-corrected chi connectivity index (χ4v) is 2.83. The second kappa shape index (κ2) is 9.61. The Balaban J connectivity index is 0.00000240. The number of hydrogen-bond donors (Lipinski definition) is 2. The average molecular weight is 398 g/mol. The fraction of sp³-hybridized carbons (Fsp3) is 0.238. The minimum absolute atomic E-state index is 0. The second-order valence-corrected chi connectivity index (χ2v) is 6.39. The standard InChI is InChI=1S/C21H22N4O4.2H2/c1-29-13-7-12-22-20(27)19-23-17-11-6-5-10-16(17)21(28)25(19)24-18(26)14-15-8-3-2-4-9-15;;/h2-6,8-11H,7,12-14H2,1H3,(H,22,27)(H,24,26);2*1H. The molecule has 3 aromatic rings. The monoisotopic (exact) mass is 398 g/mol. The van der Waals surface area contributed by atoms with Gasteiger partial charge in [-0.1, -0.05) is 42.5 Å². The fourth-order valence-electron chi connectivity index (χ4n) is 2.83. The Morgan fingerprint density at radius 3 is 2.59 bits per heavy atom. The summed E-state index contributed by atoms with van der Waals surface area (Å²) in [4.78, 5) is 42.4. The summed E-state index contributed by atoms with van der Waals surface area (Å²) in [6, 6.07) is 15.8. The molecule has 0 spiro atoms. The van der Waals surface area contributed by atoms with E-state index >= 15 is 0 Å². The molecule has 0 aliphatic rings. The van der Waals surface area contributed by atoms with Gasteiger partial charge in [0.15, 0.2) is 0 Å². The molecule has 0 fully saturated rings. The van der Waals surface area contributed by atoms with E-state index in [4.69, 9.17) is 4.74 Å². The van der Waals surface area contributed by atoms with Crippen molar-refractivity contribution >= 4 is 22.7 Å². The number of ether oxygens (including phenoxy) is 1. The van der Waals surface area contributed by atoms with Gasteiger partial charge in [0.1, 0.15) is 0 Å². The van der Waals surface area contributed by atoms with Crippen molar-refractivity contribution in [2.75, 3.05) is 25.7 Å². The summed E-state index contributed by atoms with van der Waals surface area (Å²) in [5, 5.41) is 3.01. The van der Waals surface area contributed by atoms with Gasteiger partial charge in [-0.2, -0.15) is 4.68 Å². The second-order valence-electron chi connectivity index (χ2n) is 6.39. The van der Waals surface area contributed by atoms with Gasteiger partial charge in [-0.25, -0.2) is 4.98 Å². The third kappa shape index (κ3) is 5.05. The molecule has 0 saturated carbocycles. The number of aromatic nitrogens is 2. The number of para-hydroxylation sites is 1. The highest BCUT2D eigenvalue weighted by atomic mass is 16.5. The van der Waals surface area contributed by atoms with Crippen molar-refractivity contribution in [1.29, 1.82) is 0 Å². The maximum Gasteiger partial charge on any atom is 0.289 e. The molecule has 0 saturated heterocycles. The van der Waals surface area contributed by atoms with E-state index in [9.17, 15) is 14.4 Å². The topological polar surface area (TPSA) is 102 Å². The molecule has 1 aromatic heterocycles. The Kier molecular flexibility index (Phi) is 6.70. The highest BCUT2D eigenvalue weighted by Crippen LogP contribution is 2.08. The van der Waals surface area contributed by atoms with Crippen LogP contribution in [0.4, 0.5) is 0 Å². The molecule has 0 atom stereocenters. The van der Waals surface area contributed by atoms with Crippen molar-refractivity contribution in [3.05, 3.63) is 76.3 Å². The van der Waals surface area contributed by atoms with Crippen molar-refractivity contribution in [3.8, 4) is 0 Å². The van der Waals surface area contributed by atoms with Crippen LogP contribution in [-0.4, -0.2) is 41.7 Å². The molecule has 8 heteroatoms. The van der Waals surface area contributed by atoms with Crippen LogP contribution < -0.4 is 16.3 Å². The molecule has 29 heavy (non-hydrogen) atoms. The van der Waals surface area contributed by atoms with E-state index < -0.39 is 17.4 Å². The summed E-state index contributed by atoms with van der Waals surface area (Å²) in [7, 11) is 1.58. The zero-order valence-corrected chi connectivity index (χ0v) is 16.1. The van der Waals surface area contributed by atoms with E-state index in [2.05, 4.69) is 15.7 Å². The highest BCUT2D eigenvalue weighted by molar-refractivity contribution is 5.94. The van der Waals surface area contributed by atoms with Crippen LogP contribution in [0.15, 0.2) is 59.4 Å². The zero-order valence-electron chi connectivity index (χ0n) is 16.1. The molecular formula is C21H26N4O4. The lowest BCUT2D eigenvalue weighted by Crippen LogP contribution is -2.41. The number of rotatable bonds is 8. The molecule has 1 heterocycles. The smallest absolute Gasteiger partial charge is 0.289 e. The van der Waals surface area contributed by atoms with Crippen LogP contribution in [0.3, 0.4) is 0 Å². The Hall–Kier alpha value is -3.52. The molecule has 154 valence electrons. The molecule has 0 aliphatic heterocycles. The predicted octanol–water partition coefficient (Wildman–Crippen LogP) is 1.97. The van der Waals surface area contributed by atoms with E-state index in [1.54, 1.807) is 31.4 Å². The van der Waals surface area contributed by atoms with Crippen LogP contribution in [0.25, 0.3) is 10.9 Å². The van der Waals surface area contributed by atoms with Gasteiger partial charge in [-0.3, -0.25) is 19.8 Å². The Bertz CT molecular complexity index is 1070. The average Bonchev–Trinajstić information content (AvgIpc) is 2.73. The van der Waals surface area contributed by atoms with Gasteiger partial charge < -0.3 is 10.1 Å². The highest BCUT2D eigenvalue weighted by Gasteiger charge is 2.19. The third-order valence-corrected chi connectivity index (χ3v) is 4.23. The summed E-state index contributed by atoms with van der Waals surface area (Å²) in [5.74, 6) is -1.15. The van der Waals surface area contributed by atoms with E-state index in [1.807, 2.05) is 30.3 Å². The molecule has 0 bridgehead atoms. The molecule has 2 aromatic carbocycles. The number of hydrogen-bond acceptors (Lipinski definition) is 5. The number of benzene rings is 2. The number of carbonyl (C=O) groups is 2. The Morgan fingerprint density at radius 2 is 1.83 bits per heavy atom. The van der Waals surface area contributed by atoms with Crippen molar-refractivity contribution in [1.82, 2.24) is 15.0 Å². The van der Waals surface area contributed by atoms with Crippen LogP contribution in [0.5, 0.6) is 0 Å². The molecular weight excluding hydrogens is 372 g/mol. The molecule has 0 aliphatic carbocycles. The Morgan fingerprint density at radius 1 is 1.10 bits per heavy atom. The van der Waals surface area contributed by atoms with Crippen LogP contribution in [0.1, 0.15) is 25.5 Å². The molecule has 0 unspecified atom stereocenters. The van der Waals surface area contributed by atoms with Crippen molar-refractivity contribution < 1.29 is 17.2 Å². The van der Waals surface area contributed by atoms with Gasteiger partial charge in [-0.15, -0.1) is 0 Å².